The number of rotatable bonds is 8. The summed E-state index contributed by atoms with van der Waals surface area (Å²) in [5.41, 5.74) is 4.63. The number of hydrogen-bond acceptors (Lipinski definition) is 6. The molecule has 0 fully saturated rings. The Morgan fingerprint density at radius 1 is 1.13 bits per heavy atom. The SMILES string of the molecule is COc1ccc(CCNC(=O)CSc2nc3c(C)c(C)ccc3cc2C#N)cc1OC. The summed E-state index contributed by atoms with van der Waals surface area (Å²) in [6.45, 7) is 4.56. The number of aromatic nitrogens is 1. The normalized spacial score (nSPS) is 10.5. The van der Waals surface area contributed by atoms with E-state index in [-0.39, 0.29) is 11.7 Å². The number of nitriles is 1. The first-order valence-electron chi connectivity index (χ1n) is 9.88. The molecule has 0 saturated carbocycles. The minimum Gasteiger partial charge on any atom is -0.493 e. The molecule has 0 aliphatic rings. The van der Waals surface area contributed by atoms with Crippen LogP contribution >= 0.6 is 11.8 Å². The Balaban J connectivity index is 1.60. The van der Waals surface area contributed by atoms with Crippen LogP contribution in [-0.2, 0) is 11.2 Å². The minimum absolute atomic E-state index is 0.0998. The maximum Gasteiger partial charge on any atom is 0.230 e. The Bertz CT molecular complexity index is 1150. The largest absolute Gasteiger partial charge is 0.493 e. The third-order valence-corrected chi connectivity index (χ3v) is 6.11. The zero-order valence-corrected chi connectivity index (χ0v) is 18.9. The van der Waals surface area contributed by atoms with E-state index in [0.717, 1.165) is 27.6 Å². The smallest absolute Gasteiger partial charge is 0.230 e. The monoisotopic (exact) mass is 435 g/mol. The van der Waals surface area contributed by atoms with Crippen molar-refractivity contribution in [2.45, 2.75) is 25.3 Å². The van der Waals surface area contributed by atoms with Gasteiger partial charge in [-0.1, -0.05) is 30.0 Å². The molecule has 0 unspecified atom stereocenters. The second kappa shape index (κ2) is 10.2. The third kappa shape index (κ3) is 5.28. The molecule has 0 atom stereocenters. The van der Waals surface area contributed by atoms with E-state index in [2.05, 4.69) is 16.4 Å². The molecule has 0 aliphatic heterocycles. The first-order chi connectivity index (χ1) is 15.0. The molecular weight excluding hydrogens is 410 g/mol. The molecule has 1 aromatic heterocycles. The van der Waals surface area contributed by atoms with Gasteiger partial charge >= 0.3 is 0 Å². The highest BCUT2D eigenvalue weighted by molar-refractivity contribution is 8.00. The van der Waals surface area contributed by atoms with Gasteiger partial charge in [0.1, 0.15) is 11.1 Å². The van der Waals surface area contributed by atoms with E-state index in [1.165, 1.54) is 11.8 Å². The lowest BCUT2D eigenvalue weighted by atomic mass is 10.0. The zero-order valence-electron chi connectivity index (χ0n) is 18.1. The van der Waals surface area contributed by atoms with E-state index in [9.17, 15) is 10.1 Å². The summed E-state index contributed by atoms with van der Waals surface area (Å²) >= 11 is 1.28. The number of fused-ring (bicyclic) bond motifs is 1. The lowest BCUT2D eigenvalue weighted by molar-refractivity contribution is -0.118. The number of thioether (sulfide) groups is 1. The molecule has 1 heterocycles. The highest BCUT2D eigenvalue weighted by atomic mass is 32.2. The number of pyridine rings is 1. The summed E-state index contributed by atoms with van der Waals surface area (Å²) < 4.78 is 10.6. The number of hydrogen-bond donors (Lipinski definition) is 1. The van der Waals surface area contributed by atoms with E-state index < -0.39 is 0 Å². The Kier molecular flexibility index (Phi) is 7.37. The Morgan fingerprint density at radius 3 is 2.61 bits per heavy atom. The van der Waals surface area contributed by atoms with Gasteiger partial charge in [-0.2, -0.15) is 5.26 Å². The lowest BCUT2D eigenvalue weighted by Crippen LogP contribution is -2.27. The number of carbonyl (C=O) groups is 1. The molecule has 2 aromatic carbocycles. The maximum absolute atomic E-state index is 12.3. The zero-order chi connectivity index (χ0) is 22.4. The molecule has 6 nitrogen and oxygen atoms in total. The first kappa shape index (κ1) is 22.4. The highest BCUT2D eigenvalue weighted by Gasteiger charge is 2.12. The van der Waals surface area contributed by atoms with Crippen LogP contribution in [0.1, 0.15) is 22.3 Å². The van der Waals surface area contributed by atoms with Gasteiger partial charge in [0.05, 0.1) is 31.1 Å². The van der Waals surface area contributed by atoms with E-state index >= 15 is 0 Å². The summed E-state index contributed by atoms with van der Waals surface area (Å²) in [4.78, 5) is 17.0. The van der Waals surface area contributed by atoms with Crippen molar-refractivity contribution in [2.24, 2.45) is 0 Å². The van der Waals surface area contributed by atoms with Crippen LogP contribution in [-0.4, -0.2) is 37.4 Å². The van der Waals surface area contributed by atoms with Crippen LogP contribution in [0, 0.1) is 25.2 Å². The second-order valence-corrected chi connectivity index (χ2v) is 8.07. The van der Waals surface area contributed by atoms with Gasteiger partial charge in [-0.25, -0.2) is 4.98 Å². The Hall–Kier alpha value is -3.24. The molecule has 0 saturated heterocycles. The highest BCUT2D eigenvalue weighted by Crippen LogP contribution is 2.28. The number of aryl methyl sites for hydroxylation is 2. The molecule has 1 N–H and O–H groups in total. The number of nitrogens with one attached hydrogen (secondary N) is 1. The van der Waals surface area contributed by atoms with Crippen molar-refractivity contribution in [1.29, 1.82) is 5.26 Å². The van der Waals surface area contributed by atoms with Crippen LogP contribution in [0.25, 0.3) is 10.9 Å². The van der Waals surface area contributed by atoms with Gasteiger partial charge in [0.2, 0.25) is 5.91 Å². The third-order valence-electron chi connectivity index (χ3n) is 5.12. The molecule has 3 rings (SSSR count). The van der Waals surface area contributed by atoms with E-state index in [1.807, 2.05) is 50.2 Å². The van der Waals surface area contributed by atoms with Crippen LogP contribution in [0.3, 0.4) is 0 Å². The number of methoxy groups -OCH3 is 2. The minimum atomic E-state index is -0.0998. The van der Waals surface area contributed by atoms with Crippen molar-refractivity contribution in [3.63, 3.8) is 0 Å². The molecule has 0 spiro atoms. The van der Waals surface area contributed by atoms with Gasteiger partial charge < -0.3 is 14.8 Å². The molecule has 0 bridgehead atoms. The van der Waals surface area contributed by atoms with E-state index in [1.54, 1.807) is 14.2 Å². The lowest BCUT2D eigenvalue weighted by Gasteiger charge is -2.11. The fraction of sp³-hybridized carbons (Fsp3) is 0.292. The van der Waals surface area contributed by atoms with Crippen LogP contribution < -0.4 is 14.8 Å². The number of carbonyl (C=O) groups excluding carboxylic acids is 1. The maximum atomic E-state index is 12.3. The predicted molar refractivity (Wildman–Crippen MR) is 123 cm³/mol. The number of amides is 1. The van der Waals surface area contributed by atoms with Crippen molar-refractivity contribution in [3.8, 4) is 17.6 Å². The second-order valence-electron chi connectivity index (χ2n) is 7.11. The van der Waals surface area contributed by atoms with E-state index in [4.69, 9.17) is 9.47 Å². The summed E-state index contributed by atoms with van der Waals surface area (Å²) in [7, 11) is 3.19. The molecule has 0 radical (unpaired) electrons. The molecule has 31 heavy (non-hydrogen) atoms. The summed E-state index contributed by atoms with van der Waals surface area (Å²) in [5, 5.41) is 13.9. The van der Waals surface area contributed by atoms with Crippen molar-refractivity contribution in [2.75, 3.05) is 26.5 Å². The van der Waals surface area contributed by atoms with Gasteiger partial charge in [-0.05, 0) is 55.2 Å². The van der Waals surface area contributed by atoms with Gasteiger partial charge in [-0.3, -0.25) is 4.79 Å². The molecule has 1 amide bonds. The predicted octanol–water partition coefficient (Wildman–Crippen LogP) is 4.19. The standard InChI is InChI=1S/C24H25N3O3S/c1-15-5-7-18-12-19(13-25)24(27-23(18)16(15)2)31-14-22(28)26-10-9-17-6-8-20(29-3)21(11-17)30-4/h5-8,11-12H,9-10,14H2,1-4H3,(H,26,28). The van der Waals surface area contributed by atoms with Gasteiger partial charge in [0.25, 0.3) is 0 Å². The van der Waals surface area contributed by atoms with Crippen LogP contribution in [0.4, 0.5) is 0 Å². The fourth-order valence-corrected chi connectivity index (χ4v) is 4.01. The van der Waals surface area contributed by atoms with Crippen molar-refractivity contribution >= 4 is 28.6 Å². The Labute approximate surface area is 186 Å². The van der Waals surface area contributed by atoms with Crippen molar-refractivity contribution in [1.82, 2.24) is 10.3 Å². The van der Waals surface area contributed by atoms with Crippen molar-refractivity contribution in [3.05, 3.63) is 58.7 Å². The average Bonchev–Trinajstić information content (AvgIpc) is 2.79. The van der Waals surface area contributed by atoms with E-state index in [0.29, 0.717) is 35.1 Å². The molecule has 160 valence electrons. The topological polar surface area (TPSA) is 84.2 Å². The average molecular weight is 436 g/mol. The van der Waals surface area contributed by atoms with Gasteiger partial charge in [0.15, 0.2) is 11.5 Å². The van der Waals surface area contributed by atoms with Gasteiger partial charge in [0, 0.05) is 11.9 Å². The fourth-order valence-electron chi connectivity index (χ4n) is 3.22. The summed E-state index contributed by atoms with van der Waals surface area (Å²) in [6.07, 6.45) is 0.674. The van der Waals surface area contributed by atoms with Crippen LogP contribution in [0.15, 0.2) is 41.4 Å². The number of nitrogens with zero attached hydrogens (tertiary/aromatic N) is 2. The van der Waals surface area contributed by atoms with Gasteiger partial charge in [-0.15, -0.1) is 0 Å². The molecule has 3 aromatic rings. The number of benzene rings is 2. The molecular formula is C24H25N3O3S. The van der Waals surface area contributed by atoms with Crippen LogP contribution in [0.2, 0.25) is 0 Å². The quantitative estimate of drug-likeness (QED) is 0.534. The van der Waals surface area contributed by atoms with Crippen LogP contribution in [0.5, 0.6) is 11.5 Å². The molecule has 7 heteroatoms. The number of ether oxygens (including phenoxy) is 2. The molecule has 0 aliphatic carbocycles. The Morgan fingerprint density at radius 2 is 1.90 bits per heavy atom. The summed E-state index contributed by atoms with van der Waals surface area (Å²) in [6, 6.07) is 13.7. The van der Waals surface area contributed by atoms with Crippen molar-refractivity contribution < 1.29 is 14.3 Å². The summed E-state index contributed by atoms with van der Waals surface area (Å²) in [5.74, 6) is 1.44. The first-order valence-corrected chi connectivity index (χ1v) is 10.9.